The second kappa shape index (κ2) is 11.7. The first-order chi connectivity index (χ1) is 12.4. The van der Waals surface area contributed by atoms with E-state index in [1.165, 1.54) is 0 Å². The van der Waals surface area contributed by atoms with Crippen molar-refractivity contribution in [3.05, 3.63) is 34.9 Å². The predicted molar refractivity (Wildman–Crippen MR) is 120 cm³/mol. The third-order valence-corrected chi connectivity index (χ3v) is 6.09. The molecule has 10 heteroatoms. The van der Waals surface area contributed by atoms with E-state index in [4.69, 9.17) is 11.6 Å². The van der Waals surface area contributed by atoms with Crippen LogP contribution in [-0.4, -0.2) is 50.9 Å². The van der Waals surface area contributed by atoms with Gasteiger partial charge < -0.3 is 16.0 Å². The molecule has 0 spiro atoms. The molecular weight excluding hydrogens is 503 g/mol. The van der Waals surface area contributed by atoms with Crippen molar-refractivity contribution in [2.45, 2.75) is 32.4 Å². The number of amides is 1. The molecule has 0 saturated carbocycles. The Morgan fingerprint density at radius 1 is 1.30 bits per heavy atom. The molecule has 1 aromatic rings. The molecule has 1 unspecified atom stereocenters. The summed E-state index contributed by atoms with van der Waals surface area (Å²) >= 11 is 6.13. The monoisotopic (exact) mass is 528 g/mol. The number of benzene rings is 1. The van der Waals surface area contributed by atoms with E-state index in [1.54, 1.807) is 0 Å². The Hall–Kier alpha value is -1.07. The molecule has 1 aliphatic heterocycles. The minimum absolute atomic E-state index is 0. The van der Waals surface area contributed by atoms with E-state index in [-0.39, 0.29) is 53.9 Å². The van der Waals surface area contributed by atoms with Gasteiger partial charge in [-0.1, -0.05) is 29.8 Å². The van der Waals surface area contributed by atoms with Crippen molar-refractivity contribution in [2.24, 2.45) is 4.99 Å². The molecule has 1 amide bonds. The number of hydrogen-bond donors (Lipinski definition) is 3. The highest BCUT2D eigenvalue weighted by Crippen LogP contribution is 2.15. The van der Waals surface area contributed by atoms with Gasteiger partial charge in [-0.05, 0) is 25.0 Å². The van der Waals surface area contributed by atoms with E-state index in [2.05, 4.69) is 20.9 Å². The quantitative estimate of drug-likeness (QED) is 0.284. The van der Waals surface area contributed by atoms with Crippen molar-refractivity contribution < 1.29 is 13.2 Å². The summed E-state index contributed by atoms with van der Waals surface area (Å²) in [4.78, 5) is 16.4. The molecule has 0 aromatic heterocycles. The van der Waals surface area contributed by atoms with Crippen LogP contribution in [0.15, 0.2) is 29.3 Å². The number of aliphatic imine (C=N–C) groups is 1. The summed E-state index contributed by atoms with van der Waals surface area (Å²) in [6.07, 6.45) is 0.733. The lowest BCUT2D eigenvalue weighted by molar-refractivity contribution is -0.121. The topological polar surface area (TPSA) is 99.7 Å². The van der Waals surface area contributed by atoms with E-state index in [1.807, 2.05) is 31.2 Å². The summed E-state index contributed by atoms with van der Waals surface area (Å²) in [5, 5.41) is 9.65. The number of carbonyl (C=O) groups excluding carboxylic acids is 1. The summed E-state index contributed by atoms with van der Waals surface area (Å²) < 4.78 is 22.8. The van der Waals surface area contributed by atoms with Gasteiger partial charge in [-0.2, -0.15) is 0 Å². The SMILES string of the molecule is CCNC(=NCc1ccccc1Cl)NCCC(=O)NC1CCS(=O)(=O)C1.I. The first-order valence-electron chi connectivity index (χ1n) is 8.65. The normalized spacial score (nSPS) is 18.4. The summed E-state index contributed by atoms with van der Waals surface area (Å²) in [5.74, 6) is 0.619. The van der Waals surface area contributed by atoms with Gasteiger partial charge in [0.25, 0.3) is 0 Å². The van der Waals surface area contributed by atoms with Crippen molar-refractivity contribution in [1.82, 2.24) is 16.0 Å². The van der Waals surface area contributed by atoms with Crippen LogP contribution in [0.5, 0.6) is 0 Å². The lowest BCUT2D eigenvalue weighted by Gasteiger charge is -2.13. The van der Waals surface area contributed by atoms with Gasteiger partial charge in [-0.25, -0.2) is 13.4 Å². The summed E-state index contributed by atoms with van der Waals surface area (Å²) in [5.41, 5.74) is 0.923. The molecule has 3 N–H and O–H groups in total. The van der Waals surface area contributed by atoms with Gasteiger partial charge >= 0.3 is 0 Å². The van der Waals surface area contributed by atoms with Gasteiger partial charge in [0.15, 0.2) is 15.8 Å². The zero-order chi connectivity index (χ0) is 19.0. The molecule has 0 bridgehead atoms. The van der Waals surface area contributed by atoms with Crippen LogP contribution in [0.25, 0.3) is 0 Å². The zero-order valence-electron chi connectivity index (χ0n) is 15.2. The fraction of sp³-hybridized carbons (Fsp3) is 0.529. The van der Waals surface area contributed by atoms with Crippen molar-refractivity contribution in [3.63, 3.8) is 0 Å². The highest BCUT2D eigenvalue weighted by atomic mass is 127. The van der Waals surface area contributed by atoms with E-state index in [9.17, 15) is 13.2 Å². The minimum Gasteiger partial charge on any atom is -0.357 e. The van der Waals surface area contributed by atoms with Gasteiger partial charge in [0.2, 0.25) is 5.91 Å². The number of halogens is 2. The molecule has 1 aromatic carbocycles. The Balaban J connectivity index is 0.00000364. The van der Waals surface area contributed by atoms with Gasteiger partial charge in [-0.15, -0.1) is 24.0 Å². The predicted octanol–water partition coefficient (Wildman–Crippen LogP) is 1.71. The molecule has 0 aliphatic carbocycles. The summed E-state index contributed by atoms with van der Waals surface area (Å²) in [6.45, 7) is 3.49. The Bertz CT molecular complexity index is 758. The number of nitrogens with one attached hydrogen (secondary N) is 3. The summed E-state index contributed by atoms with van der Waals surface area (Å²) in [7, 11) is -2.99. The van der Waals surface area contributed by atoms with Crippen molar-refractivity contribution in [2.75, 3.05) is 24.6 Å². The number of nitrogens with zero attached hydrogens (tertiary/aromatic N) is 1. The fourth-order valence-electron chi connectivity index (χ4n) is 2.64. The second-order valence-corrected chi connectivity index (χ2v) is 8.77. The average Bonchev–Trinajstić information content (AvgIpc) is 2.92. The molecule has 1 heterocycles. The smallest absolute Gasteiger partial charge is 0.222 e. The molecule has 27 heavy (non-hydrogen) atoms. The summed E-state index contributed by atoms with van der Waals surface area (Å²) in [6, 6.07) is 7.24. The number of hydrogen-bond acceptors (Lipinski definition) is 4. The average molecular weight is 529 g/mol. The Kier molecular flexibility index (Phi) is 10.4. The molecular formula is C17H26ClIN4O3S. The third kappa shape index (κ3) is 8.65. The second-order valence-electron chi connectivity index (χ2n) is 6.13. The van der Waals surface area contributed by atoms with E-state index in [0.717, 1.165) is 5.56 Å². The van der Waals surface area contributed by atoms with Gasteiger partial charge in [-0.3, -0.25) is 4.79 Å². The Labute approximate surface area is 182 Å². The number of rotatable bonds is 7. The number of sulfone groups is 1. The van der Waals surface area contributed by atoms with Crippen molar-refractivity contribution >= 4 is 57.3 Å². The van der Waals surface area contributed by atoms with Crippen molar-refractivity contribution in [1.29, 1.82) is 0 Å². The maximum Gasteiger partial charge on any atom is 0.222 e. The van der Waals surface area contributed by atoms with Gasteiger partial charge in [0, 0.05) is 30.6 Å². The van der Waals surface area contributed by atoms with Crippen molar-refractivity contribution in [3.8, 4) is 0 Å². The van der Waals surface area contributed by atoms with E-state index < -0.39 is 9.84 Å². The largest absolute Gasteiger partial charge is 0.357 e. The van der Waals surface area contributed by atoms with Gasteiger partial charge in [0.1, 0.15) is 0 Å². The van der Waals surface area contributed by atoms with Crippen LogP contribution in [0.1, 0.15) is 25.3 Å². The molecule has 1 saturated heterocycles. The lowest BCUT2D eigenvalue weighted by atomic mass is 10.2. The number of carbonyl (C=O) groups is 1. The van der Waals surface area contributed by atoms with E-state index in [0.29, 0.717) is 37.0 Å². The third-order valence-electron chi connectivity index (χ3n) is 3.95. The highest BCUT2D eigenvalue weighted by molar-refractivity contribution is 14.0. The zero-order valence-corrected chi connectivity index (χ0v) is 19.1. The number of guanidine groups is 1. The minimum atomic E-state index is -2.99. The van der Waals surface area contributed by atoms with Crippen LogP contribution in [-0.2, 0) is 21.2 Å². The molecule has 1 fully saturated rings. The molecule has 1 aliphatic rings. The first kappa shape index (κ1) is 24.0. The van der Waals surface area contributed by atoms with Crippen LogP contribution in [0, 0.1) is 0 Å². The molecule has 1 atom stereocenters. The standard InChI is InChI=1S/C17H25ClN4O3S.HI/c1-2-19-17(21-11-13-5-3-4-6-15(13)18)20-9-7-16(23)22-14-8-10-26(24,25)12-14;/h3-6,14H,2,7-12H2,1H3,(H,22,23)(H2,19,20,21);1H. The van der Waals surface area contributed by atoms with Crippen LogP contribution in [0.3, 0.4) is 0 Å². The highest BCUT2D eigenvalue weighted by Gasteiger charge is 2.28. The maximum absolute atomic E-state index is 11.9. The van der Waals surface area contributed by atoms with Crippen LogP contribution < -0.4 is 16.0 Å². The van der Waals surface area contributed by atoms with Crippen LogP contribution in [0.4, 0.5) is 0 Å². The first-order valence-corrected chi connectivity index (χ1v) is 10.8. The van der Waals surface area contributed by atoms with E-state index >= 15 is 0 Å². The Morgan fingerprint density at radius 2 is 2.04 bits per heavy atom. The fourth-order valence-corrected chi connectivity index (χ4v) is 4.50. The molecule has 7 nitrogen and oxygen atoms in total. The molecule has 2 rings (SSSR count). The van der Waals surface area contributed by atoms with Crippen LogP contribution in [0.2, 0.25) is 5.02 Å². The molecule has 0 radical (unpaired) electrons. The van der Waals surface area contributed by atoms with Gasteiger partial charge in [0.05, 0.1) is 18.1 Å². The lowest BCUT2D eigenvalue weighted by Crippen LogP contribution is -2.41. The maximum atomic E-state index is 11.9. The molecule has 152 valence electrons. The van der Waals surface area contributed by atoms with Crippen LogP contribution >= 0.6 is 35.6 Å². The Morgan fingerprint density at radius 3 is 2.67 bits per heavy atom.